The zero-order valence-corrected chi connectivity index (χ0v) is 36.0. The lowest BCUT2D eigenvalue weighted by molar-refractivity contribution is -0.185. The minimum absolute atomic E-state index is 0.00707. The van der Waals surface area contributed by atoms with Crippen LogP contribution in [0.5, 0.6) is 11.5 Å². The number of benzene rings is 2. The molecular formula is C45H60NO9PS. The molecule has 2 aromatic rings. The average molecular weight is 822 g/mol. The molecule has 10 unspecified atom stereocenters. The summed E-state index contributed by atoms with van der Waals surface area (Å²) in [5, 5.41) is 14.7. The van der Waals surface area contributed by atoms with Crippen LogP contribution in [0.25, 0.3) is 0 Å². The Labute approximate surface area is 342 Å². The van der Waals surface area contributed by atoms with Gasteiger partial charge in [0.15, 0.2) is 5.78 Å². The topological polar surface area (TPSA) is 130 Å². The Bertz CT molecular complexity index is 1920. The van der Waals surface area contributed by atoms with Gasteiger partial charge < -0.3 is 24.4 Å². The number of ketones is 1. The van der Waals surface area contributed by atoms with Crippen LogP contribution in [0.4, 0.5) is 0 Å². The number of aliphatic hydroxyl groups excluding tert-OH is 1. The number of methoxy groups -OCH3 is 1. The number of aliphatic hydroxyl groups is 1. The molecule has 7 rings (SSSR count). The third-order valence-electron chi connectivity index (χ3n) is 13.8. The molecule has 310 valence electrons. The van der Waals surface area contributed by atoms with Crippen LogP contribution in [0.15, 0.2) is 66.3 Å². The number of phosphoric acid groups is 1. The zero-order chi connectivity index (χ0) is 40.6. The number of nitrogens with one attached hydrogen (secondary N) is 1. The number of carbonyl (C=O) groups is 2. The molecule has 10 nitrogen and oxygen atoms in total. The molecule has 1 heterocycles. The fraction of sp³-hybridized carbons (Fsp3) is 0.600. The van der Waals surface area contributed by atoms with Crippen molar-refractivity contribution in [3.8, 4) is 11.5 Å². The second-order valence-corrected chi connectivity index (χ2v) is 19.7. The first-order chi connectivity index (χ1) is 27.3. The number of carbonyl (C=O) groups excluding carboxylic acids is 2. The van der Waals surface area contributed by atoms with Gasteiger partial charge in [-0.15, -0.1) is 0 Å². The quantitative estimate of drug-likeness (QED) is 0.167. The molecule has 2 N–H and O–H groups in total. The summed E-state index contributed by atoms with van der Waals surface area (Å²) < 4.78 is 45.8. The number of thioether (sulfide) groups is 1. The van der Waals surface area contributed by atoms with Crippen LogP contribution in [-0.2, 0) is 41.0 Å². The maximum Gasteiger partial charge on any atom is 0.530 e. The molecule has 4 aliphatic carbocycles. The highest BCUT2D eigenvalue weighted by atomic mass is 32.2. The second kappa shape index (κ2) is 17.1. The molecule has 0 spiro atoms. The first-order valence-electron chi connectivity index (χ1n) is 20.9. The summed E-state index contributed by atoms with van der Waals surface area (Å²) in [6.45, 7) is 11.3. The van der Waals surface area contributed by atoms with Gasteiger partial charge in [0, 0.05) is 41.5 Å². The molecule has 5 aliphatic rings. The van der Waals surface area contributed by atoms with Crippen molar-refractivity contribution in [1.29, 1.82) is 0 Å². The highest BCUT2D eigenvalue weighted by Crippen LogP contribution is 2.71. The summed E-state index contributed by atoms with van der Waals surface area (Å²) in [6, 6.07) is 13.5. The highest BCUT2D eigenvalue weighted by Gasteiger charge is 2.70. The van der Waals surface area contributed by atoms with Gasteiger partial charge in [0.1, 0.15) is 17.1 Å². The van der Waals surface area contributed by atoms with Crippen LogP contribution >= 0.6 is 19.6 Å². The van der Waals surface area contributed by atoms with Gasteiger partial charge in [-0.1, -0.05) is 69.3 Å². The lowest BCUT2D eigenvalue weighted by Gasteiger charge is -2.61. The molecular weight excluding hydrogens is 762 g/mol. The second-order valence-electron chi connectivity index (χ2n) is 16.9. The molecule has 3 fully saturated rings. The molecule has 0 bridgehead atoms. The van der Waals surface area contributed by atoms with Gasteiger partial charge in [-0.3, -0.25) is 18.6 Å². The number of allylic oxidation sites excluding steroid dienone is 4. The van der Waals surface area contributed by atoms with E-state index in [1.807, 2.05) is 37.3 Å². The highest BCUT2D eigenvalue weighted by molar-refractivity contribution is 8.13. The lowest BCUT2D eigenvalue weighted by Crippen LogP contribution is -2.62. The van der Waals surface area contributed by atoms with Gasteiger partial charge in [-0.05, 0) is 123 Å². The van der Waals surface area contributed by atoms with Gasteiger partial charge in [0.2, 0.25) is 5.12 Å². The van der Waals surface area contributed by atoms with Crippen molar-refractivity contribution in [1.82, 2.24) is 5.32 Å². The van der Waals surface area contributed by atoms with Gasteiger partial charge in [0.25, 0.3) is 0 Å². The SMILES string of the molecule is CCCOC1(C(=O)SCC)CCC2C3CCC4=CC(=O)C=CC4(CC)C3C(OP3(=O)OCc4cc(C(O)CNC(C)Cc5ccc(OC)cc5)ccc4O3)CC21C. The zero-order valence-electron chi connectivity index (χ0n) is 34.3. The summed E-state index contributed by atoms with van der Waals surface area (Å²) in [6.07, 6.45) is 10.1. The first-order valence-corrected chi connectivity index (χ1v) is 23.3. The number of rotatable bonds is 15. The van der Waals surface area contributed by atoms with Crippen LogP contribution < -0.4 is 14.6 Å². The molecule has 10 atom stereocenters. The van der Waals surface area contributed by atoms with Gasteiger partial charge in [0.05, 0.1) is 25.9 Å². The monoisotopic (exact) mass is 821 g/mol. The number of hydrogen-bond acceptors (Lipinski definition) is 11. The van der Waals surface area contributed by atoms with Crippen molar-refractivity contribution in [2.24, 2.45) is 28.6 Å². The Morgan fingerprint density at radius 1 is 1.14 bits per heavy atom. The van der Waals surface area contributed by atoms with Crippen LogP contribution in [-0.4, -0.2) is 59.8 Å². The summed E-state index contributed by atoms with van der Waals surface area (Å²) in [4.78, 5) is 26.9. The van der Waals surface area contributed by atoms with E-state index >= 15 is 0 Å². The van der Waals surface area contributed by atoms with Crippen molar-refractivity contribution in [2.45, 2.75) is 116 Å². The molecule has 0 amide bonds. The Balaban J connectivity index is 1.13. The lowest BCUT2D eigenvalue weighted by atomic mass is 9.45. The van der Waals surface area contributed by atoms with E-state index in [1.165, 1.54) is 17.3 Å². The normalized spacial score (nSPS) is 33.9. The van der Waals surface area contributed by atoms with Crippen molar-refractivity contribution >= 4 is 30.5 Å². The smallest absolute Gasteiger partial charge is 0.497 e. The summed E-state index contributed by atoms with van der Waals surface area (Å²) in [7, 11) is -2.52. The van der Waals surface area contributed by atoms with Gasteiger partial charge >= 0.3 is 7.82 Å². The van der Waals surface area contributed by atoms with E-state index in [-0.39, 0.29) is 41.3 Å². The number of ether oxygens (including phenoxy) is 2. The predicted octanol–water partition coefficient (Wildman–Crippen LogP) is 9.10. The maximum atomic E-state index is 14.8. The summed E-state index contributed by atoms with van der Waals surface area (Å²) >= 11 is 1.33. The number of fused-ring (bicyclic) bond motifs is 6. The molecule has 3 saturated carbocycles. The first kappa shape index (κ1) is 42.4. The minimum Gasteiger partial charge on any atom is -0.497 e. The third kappa shape index (κ3) is 7.87. The van der Waals surface area contributed by atoms with Crippen molar-refractivity contribution < 1.29 is 42.3 Å². The van der Waals surface area contributed by atoms with Crippen molar-refractivity contribution in [2.75, 3.05) is 26.0 Å². The van der Waals surface area contributed by atoms with Gasteiger partial charge in [-0.2, -0.15) is 0 Å². The Hall–Kier alpha value is -2.76. The molecule has 57 heavy (non-hydrogen) atoms. The Morgan fingerprint density at radius 3 is 2.65 bits per heavy atom. The van der Waals surface area contributed by atoms with E-state index < -0.39 is 36.5 Å². The fourth-order valence-electron chi connectivity index (χ4n) is 11.1. The Morgan fingerprint density at radius 2 is 1.93 bits per heavy atom. The van der Waals surface area contributed by atoms with E-state index in [4.69, 9.17) is 23.0 Å². The summed E-state index contributed by atoms with van der Waals surface area (Å²) in [5.74, 6) is 2.06. The molecule has 2 aromatic carbocycles. The maximum absolute atomic E-state index is 14.8. The van der Waals surface area contributed by atoms with Crippen LogP contribution in [0.2, 0.25) is 0 Å². The van der Waals surface area contributed by atoms with E-state index in [9.17, 15) is 19.3 Å². The predicted molar refractivity (Wildman–Crippen MR) is 222 cm³/mol. The minimum atomic E-state index is -4.17. The van der Waals surface area contributed by atoms with E-state index in [1.54, 1.807) is 31.4 Å². The standard InChI is InChI=1S/C45H60NO9PS/c1-7-22-52-45(42(49)57-9-3)21-19-37-36-16-13-33-25-34(47)18-20-44(33,8-2)41(36)40(26-43(37,45)5)55-56(50)53-28-32-24-31(12-17-39(32)54-56)38(48)27-46-29(4)23-30-10-14-35(51-6)15-11-30/h10-12,14-15,17-18,20,24-25,29,36-38,40-41,46,48H,7-9,13,16,19,21-23,26-28H2,1-6H3. The number of phosphoric ester groups is 1. The number of hydrogen-bond donors (Lipinski definition) is 2. The fourth-order valence-corrected chi connectivity index (χ4v) is 13.4. The molecule has 12 heteroatoms. The van der Waals surface area contributed by atoms with E-state index in [0.29, 0.717) is 48.6 Å². The van der Waals surface area contributed by atoms with Crippen LogP contribution in [0.1, 0.15) is 102 Å². The molecule has 1 aliphatic heterocycles. The van der Waals surface area contributed by atoms with E-state index in [0.717, 1.165) is 49.8 Å². The van der Waals surface area contributed by atoms with Crippen LogP contribution in [0.3, 0.4) is 0 Å². The van der Waals surface area contributed by atoms with E-state index in [2.05, 4.69) is 39.1 Å². The summed E-state index contributed by atoms with van der Waals surface area (Å²) in [5.41, 5.74) is 1.60. The van der Waals surface area contributed by atoms with Crippen molar-refractivity contribution in [3.05, 3.63) is 83.0 Å². The third-order valence-corrected chi connectivity index (χ3v) is 16.1. The van der Waals surface area contributed by atoms with Crippen molar-refractivity contribution in [3.63, 3.8) is 0 Å². The Kier molecular flexibility index (Phi) is 12.7. The van der Waals surface area contributed by atoms with Crippen LogP contribution in [0, 0.1) is 28.6 Å². The molecule has 0 radical (unpaired) electrons. The molecule has 0 aromatic heterocycles. The van der Waals surface area contributed by atoms with Gasteiger partial charge in [-0.25, -0.2) is 4.57 Å². The largest absolute Gasteiger partial charge is 0.530 e. The molecule has 0 saturated heterocycles. The average Bonchev–Trinajstić information content (AvgIpc) is 3.51.